The second-order valence-electron chi connectivity index (χ2n) is 9.39. The van der Waals surface area contributed by atoms with Crippen LogP contribution in [0.2, 0.25) is 0 Å². The lowest BCUT2D eigenvalue weighted by Crippen LogP contribution is -2.49. The summed E-state index contributed by atoms with van der Waals surface area (Å²) in [6, 6.07) is 5.59. The van der Waals surface area contributed by atoms with Crippen molar-refractivity contribution in [3.63, 3.8) is 0 Å². The van der Waals surface area contributed by atoms with Crippen LogP contribution in [0.1, 0.15) is 64.5 Å². The van der Waals surface area contributed by atoms with Crippen LogP contribution in [0.25, 0.3) is 0 Å². The number of carbonyl (C=O) groups is 2. The molecule has 1 heterocycles. The Labute approximate surface area is 171 Å². The van der Waals surface area contributed by atoms with Crippen LogP contribution in [-0.4, -0.2) is 38.9 Å². The predicted octanol–water partition coefficient (Wildman–Crippen LogP) is 3.91. The molecule has 158 valence electrons. The number of hydrogen-bond acceptors (Lipinski definition) is 4. The summed E-state index contributed by atoms with van der Waals surface area (Å²) in [6.07, 6.45) is 4.36. The molecule has 0 aromatic heterocycles. The predicted molar refractivity (Wildman–Crippen MR) is 108 cm³/mol. The molecule has 1 amide bonds. The van der Waals surface area contributed by atoms with Gasteiger partial charge in [0.05, 0.1) is 5.92 Å². The van der Waals surface area contributed by atoms with Crippen LogP contribution >= 0.6 is 0 Å². The van der Waals surface area contributed by atoms with Gasteiger partial charge >= 0.3 is 5.97 Å². The average molecular weight is 402 g/mol. The zero-order chi connectivity index (χ0) is 21.3. The van der Waals surface area contributed by atoms with E-state index in [0.717, 1.165) is 19.3 Å². The van der Waals surface area contributed by atoms with Crippen LogP contribution in [-0.2, 0) is 9.59 Å². The first-order valence-electron chi connectivity index (χ1n) is 10.4. The van der Waals surface area contributed by atoms with Gasteiger partial charge in [-0.15, -0.1) is 0 Å². The molecular formula is C22H30N2O5. The lowest BCUT2D eigenvalue weighted by Gasteiger charge is -2.34. The fourth-order valence-electron chi connectivity index (χ4n) is 5.24. The molecule has 29 heavy (non-hydrogen) atoms. The Morgan fingerprint density at radius 3 is 2.17 bits per heavy atom. The Bertz CT molecular complexity index is 767. The van der Waals surface area contributed by atoms with Crippen molar-refractivity contribution in [1.82, 2.24) is 4.90 Å². The first-order valence-corrected chi connectivity index (χ1v) is 10.4. The first kappa shape index (κ1) is 21.3. The zero-order valence-electron chi connectivity index (χ0n) is 17.3. The van der Waals surface area contributed by atoms with Crippen LogP contribution in [0.3, 0.4) is 0 Å². The zero-order valence-corrected chi connectivity index (χ0v) is 17.3. The lowest BCUT2D eigenvalue weighted by atomic mass is 9.73. The molecule has 1 aliphatic carbocycles. The third-order valence-electron chi connectivity index (χ3n) is 6.48. The smallest absolute Gasteiger partial charge is 0.327 e. The first-order chi connectivity index (χ1) is 13.6. The molecule has 1 aromatic rings. The molecule has 1 saturated heterocycles. The van der Waals surface area contributed by atoms with Crippen LogP contribution in [0.5, 0.6) is 0 Å². The van der Waals surface area contributed by atoms with Crippen molar-refractivity contribution in [3.05, 3.63) is 46.0 Å². The van der Waals surface area contributed by atoms with Gasteiger partial charge in [0.15, 0.2) is 0 Å². The molecule has 3 rings (SSSR count). The number of aliphatic carboxylic acids is 1. The highest BCUT2D eigenvalue weighted by Crippen LogP contribution is 2.50. The van der Waals surface area contributed by atoms with Gasteiger partial charge in [-0.2, -0.15) is 0 Å². The summed E-state index contributed by atoms with van der Waals surface area (Å²) in [4.78, 5) is 39.2. The number of carbonyl (C=O) groups excluding carboxylic acids is 1. The van der Waals surface area contributed by atoms with Gasteiger partial charge in [0.1, 0.15) is 12.1 Å². The van der Waals surface area contributed by atoms with Crippen molar-refractivity contribution < 1.29 is 19.6 Å². The van der Waals surface area contributed by atoms with Gasteiger partial charge < -0.3 is 10.0 Å². The Morgan fingerprint density at radius 1 is 1.10 bits per heavy atom. The van der Waals surface area contributed by atoms with Crippen molar-refractivity contribution in [2.45, 2.75) is 71.0 Å². The summed E-state index contributed by atoms with van der Waals surface area (Å²) in [7, 11) is 0. The second kappa shape index (κ2) is 8.13. The number of carboxylic acid groups (broad SMARTS) is 1. The number of carboxylic acids is 1. The topological polar surface area (TPSA) is 101 Å². The average Bonchev–Trinajstić information content (AvgIpc) is 3.06. The Kier molecular flexibility index (Phi) is 5.96. The van der Waals surface area contributed by atoms with Gasteiger partial charge in [-0.25, -0.2) is 4.79 Å². The van der Waals surface area contributed by atoms with Crippen LogP contribution in [0.15, 0.2) is 30.3 Å². The fourth-order valence-corrected chi connectivity index (χ4v) is 5.24. The molecule has 0 unspecified atom stereocenters. The van der Waals surface area contributed by atoms with Gasteiger partial charge in [-0.05, 0) is 23.8 Å². The number of likely N-dealkylation sites (tertiary alicyclic amines) is 1. The van der Waals surface area contributed by atoms with Gasteiger partial charge in [-0.3, -0.25) is 14.9 Å². The Hall–Kier alpha value is -2.44. The quantitative estimate of drug-likeness (QED) is 0.608. The van der Waals surface area contributed by atoms with Gasteiger partial charge in [0.25, 0.3) is 0 Å². The third-order valence-corrected chi connectivity index (χ3v) is 6.48. The number of hydrogen-bond donors (Lipinski definition) is 1. The van der Waals surface area contributed by atoms with E-state index < -0.39 is 35.4 Å². The summed E-state index contributed by atoms with van der Waals surface area (Å²) in [5.74, 6) is -2.47. The Balaban J connectivity index is 2.16. The molecule has 0 radical (unpaired) electrons. The van der Waals surface area contributed by atoms with E-state index in [9.17, 15) is 24.8 Å². The maximum Gasteiger partial charge on any atom is 0.327 e. The highest BCUT2D eigenvalue weighted by molar-refractivity contribution is 5.87. The molecule has 0 bridgehead atoms. The normalized spacial score (nSPS) is 28.3. The minimum atomic E-state index is -1.22. The van der Waals surface area contributed by atoms with Crippen molar-refractivity contribution in [3.8, 4) is 0 Å². The standard InChI is InChI=1S/C22H30N2O5/c1-22(2,3)16-18(24(28)29)17(14-10-6-4-7-11-14)23(19(16)21(26)27)20(25)15-12-8-5-9-13-15/h4,6-7,10-11,15-19H,5,8-9,12-13H2,1-3H3,(H,26,27)/t16-,17-,18-,19-/m1/s1. The van der Waals surface area contributed by atoms with E-state index >= 15 is 0 Å². The highest BCUT2D eigenvalue weighted by atomic mass is 16.6. The summed E-state index contributed by atoms with van der Waals surface area (Å²) < 4.78 is 0. The van der Waals surface area contributed by atoms with Crippen molar-refractivity contribution >= 4 is 11.9 Å². The van der Waals surface area contributed by atoms with E-state index in [1.807, 2.05) is 26.8 Å². The molecule has 2 aliphatic rings. The number of amides is 1. The van der Waals surface area contributed by atoms with Crippen LogP contribution in [0.4, 0.5) is 0 Å². The molecule has 4 atom stereocenters. The van der Waals surface area contributed by atoms with Gasteiger partial charge in [0.2, 0.25) is 11.9 Å². The van der Waals surface area contributed by atoms with Gasteiger partial charge in [-0.1, -0.05) is 70.4 Å². The molecule has 2 fully saturated rings. The van der Waals surface area contributed by atoms with Crippen LogP contribution in [0, 0.1) is 27.4 Å². The number of rotatable bonds is 4. The van der Waals surface area contributed by atoms with Crippen LogP contribution < -0.4 is 0 Å². The molecule has 0 spiro atoms. The van der Waals surface area contributed by atoms with Gasteiger partial charge in [0, 0.05) is 10.8 Å². The number of benzene rings is 1. The maximum absolute atomic E-state index is 13.6. The van der Waals surface area contributed by atoms with E-state index in [-0.39, 0.29) is 16.7 Å². The van der Waals surface area contributed by atoms with E-state index in [1.54, 1.807) is 24.3 Å². The van der Waals surface area contributed by atoms with E-state index in [0.29, 0.717) is 18.4 Å². The summed E-state index contributed by atoms with van der Waals surface area (Å²) in [5.41, 5.74) is -0.0357. The highest BCUT2D eigenvalue weighted by Gasteiger charge is 2.64. The SMILES string of the molecule is CC(C)(C)[C@@H]1[C@@H]([N+](=O)[O-])[C@@H](c2ccccc2)N(C(=O)C2CCCCC2)[C@H]1C(=O)O. The molecule has 7 heteroatoms. The maximum atomic E-state index is 13.6. The van der Waals surface area contributed by atoms with Crippen molar-refractivity contribution in [2.75, 3.05) is 0 Å². The van der Waals surface area contributed by atoms with Crippen molar-refractivity contribution in [2.24, 2.45) is 17.3 Å². The largest absolute Gasteiger partial charge is 0.480 e. The summed E-state index contributed by atoms with van der Waals surface area (Å²) in [5, 5.41) is 22.3. The monoisotopic (exact) mass is 402 g/mol. The fraction of sp³-hybridized carbons (Fsp3) is 0.636. The van der Waals surface area contributed by atoms with E-state index in [1.165, 1.54) is 4.90 Å². The molecule has 1 N–H and O–H groups in total. The van der Waals surface area contributed by atoms with Crippen molar-refractivity contribution in [1.29, 1.82) is 0 Å². The van der Waals surface area contributed by atoms with E-state index in [4.69, 9.17) is 0 Å². The molecule has 7 nitrogen and oxygen atoms in total. The summed E-state index contributed by atoms with van der Waals surface area (Å²) >= 11 is 0. The second-order valence-corrected chi connectivity index (χ2v) is 9.39. The summed E-state index contributed by atoms with van der Waals surface area (Å²) in [6.45, 7) is 5.46. The molecular weight excluding hydrogens is 372 g/mol. The lowest BCUT2D eigenvalue weighted by molar-refractivity contribution is -0.536. The minimum absolute atomic E-state index is 0.246. The minimum Gasteiger partial charge on any atom is -0.480 e. The molecule has 1 saturated carbocycles. The molecule has 1 aromatic carbocycles. The van der Waals surface area contributed by atoms with E-state index in [2.05, 4.69) is 0 Å². The third kappa shape index (κ3) is 4.00. The number of nitrogens with zero attached hydrogens (tertiary/aromatic N) is 2. The Morgan fingerprint density at radius 2 is 1.69 bits per heavy atom. The molecule has 1 aliphatic heterocycles. The number of nitro groups is 1.